The van der Waals surface area contributed by atoms with E-state index >= 15 is 0 Å². The third-order valence-electron chi connectivity index (χ3n) is 3.03. The summed E-state index contributed by atoms with van der Waals surface area (Å²) >= 11 is 0. The Morgan fingerprint density at radius 2 is 1.42 bits per heavy atom. The van der Waals surface area contributed by atoms with Crippen molar-refractivity contribution in [2.75, 3.05) is 13.2 Å². The van der Waals surface area contributed by atoms with E-state index < -0.39 is 11.9 Å². The first-order chi connectivity index (χ1) is 11.4. The molecule has 0 aliphatic heterocycles. The standard InChI is InChI=1S/C14H25NO3.C3H6O3/c1-2-3-4-5-6-7-8-9-12-15-13(16)10-11-14(17)18;4-2-1-3(5)6/h10-11H,2-9,12H2,1H3,(H,15,16)(H,17,18);4H,1-2H2,(H,5,6)/b11-10-;. The number of hydrogen-bond donors (Lipinski definition) is 4. The Hall–Kier alpha value is -1.89. The van der Waals surface area contributed by atoms with E-state index in [1.165, 1.54) is 38.5 Å². The Labute approximate surface area is 143 Å². The Morgan fingerprint density at radius 1 is 0.875 bits per heavy atom. The van der Waals surface area contributed by atoms with Crippen LogP contribution in [-0.2, 0) is 14.4 Å². The number of carboxylic acid groups (broad SMARTS) is 2. The van der Waals surface area contributed by atoms with Gasteiger partial charge in [0.15, 0.2) is 0 Å². The van der Waals surface area contributed by atoms with Gasteiger partial charge in [0.1, 0.15) is 0 Å². The number of aliphatic hydroxyl groups excluding tert-OH is 1. The van der Waals surface area contributed by atoms with Crippen LogP contribution in [0.15, 0.2) is 12.2 Å². The second-order valence-electron chi connectivity index (χ2n) is 5.30. The number of carbonyl (C=O) groups is 3. The molecule has 0 aliphatic carbocycles. The fraction of sp³-hybridized carbons (Fsp3) is 0.706. The van der Waals surface area contributed by atoms with E-state index in [0.29, 0.717) is 6.54 Å². The van der Waals surface area contributed by atoms with Gasteiger partial charge in [0.05, 0.1) is 13.0 Å². The van der Waals surface area contributed by atoms with E-state index in [2.05, 4.69) is 12.2 Å². The fourth-order valence-electron chi connectivity index (χ4n) is 1.77. The highest BCUT2D eigenvalue weighted by Gasteiger charge is 1.96. The zero-order chi connectivity index (χ0) is 18.6. The van der Waals surface area contributed by atoms with E-state index in [1.807, 2.05) is 0 Å². The monoisotopic (exact) mass is 345 g/mol. The first kappa shape index (κ1) is 24.4. The third-order valence-corrected chi connectivity index (χ3v) is 3.03. The second kappa shape index (κ2) is 19.2. The number of unbranched alkanes of at least 4 members (excludes halogenated alkanes) is 7. The molecule has 0 saturated heterocycles. The van der Waals surface area contributed by atoms with Crippen LogP contribution in [0.3, 0.4) is 0 Å². The summed E-state index contributed by atoms with van der Waals surface area (Å²) < 4.78 is 0. The summed E-state index contributed by atoms with van der Waals surface area (Å²) in [6.07, 6.45) is 11.5. The topological polar surface area (TPSA) is 124 Å². The van der Waals surface area contributed by atoms with Gasteiger partial charge in [-0.05, 0) is 6.42 Å². The van der Waals surface area contributed by atoms with Crippen LogP contribution in [-0.4, -0.2) is 46.3 Å². The zero-order valence-electron chi connectivity index (χ0n) is 14.5. The highest BCUT2D eigenvalue weighted by atomic mass is 16.4. The van der Waals surface area contributed by atoms with Crippen LogP contribution in [0.1, 0.15) is 64.7 Å². The lowest BCUT2D eigenvalue weighted by Gasteiger charge is -2.02. The van der Waals surface area contributed by atoms with E-state index in [9.17, 15) is 14.4 Å². The summed E-state index contributed by atoms with van der Waals surface area (Å²) in [5.74, 6) is -2.39. The Bertz CT molecular complexity index is 368. The lowest BCUT2D eigenvalue weighted by atomic mass is 10.1. The van der Waals surface area contributed by atoms with Crippen molar-refractivity contribution >= 4 is 17.8 Å². The third kappa shape index (κ3) is 25.1. The summed E-state index contributed by atoms with van der Waals surface area (Å²) in [4.78, 5) is 30.7. The van der Waals surface area contributed by atoms with Crippen molar-refractivity contribution in [1.29, 1.82) is 0 Å². The van der Waals surface area contributed by atoms with Gasteiger partial charge in [-0.25, -0.2) is 4.79 Å². The number of aliphatic hydroxyl groups is 1. The Morgan fingerprint density at radius 3 is 1.83 bits per heavy atom. The highest BCUT2D eigenvalue weighted by Crippen LogP contribution is 2.07. The van der Waals surface area contributed by atoms with Gasteiger partial charge in [0.25, 0.3) is 0 Å². The lowest BCUT2D eigenvalue weighted by Crippen LogP contribution is -2.22. The molecule has 0 aromatic heterocycles. The minimum Gasteiger partial charge on any atom is -0.481 e. The van der Waals surface area contributed by atoms with Crippen molar-refractivity contribution in [3.8, 4) is 0 Å². The summed E-state index contributed by atoms with van der Waals surface area (Å²) in [6.45, 7) is 2.56. The van der Waals surface area contributed by atoms with E-state index in [4.69, 9.17) is 15.3 Å². The maximum absolute atomic E-state index is 11.1. The average Bonchev–Trinajstić information content (AvgIpc) is 2.52. The summed E-state index contributed by atoms with van der Waals surface area (Å²) in [6, 6.07) is 0. The second-order valence-corrected chi connectivity index (χ2v) is 5.30. The van der Waals surface area contributed by atoms with Gasteiger partial charge in [-0.3, -0.25) is 9.59 Å². The van der Waals surface area contributed by atoms with Crippen molar-refractivity contribution in [2.24, 2.45) is 0 Å². The molecule has 0 unspecified atom stereocenters. The van der Waals surface area contributed by atoms with Crippen LogP contribution in [0.25, 0.3) is 0 Å². The lowest BCUT2D eigenvalue weighted by molar-refractivity contribution is -0.137. The number of carbonyl (C=O) groups excluding carboxylic acids is 1. The fourth-order valence-corrected chi connectivity index (χ4v) is 1.77. The molecule has 0 rings (SSSR count). The van der Waals surface area contributed by atoms with Gasteiger partial charge < -0.3 is 20.6 Å². The van der Waals surface area contributed by atoms with Gasteiger partial charge in [0.2, 0.25) is 5.91 Å². The van der Waals surface area contributed by atoms with Crippen molar-refractivity contribution in [3.05, 3.63) is 12.2 Å². The van der Waals surface area contributed by atoms with Gasteiger partial charge >= 0.3 is 11.9 Å². The minimum absolute atomic E-state index is 0.153. The number of rotatable bonds is 13. The van der Waals surface area contributed by atoms with E-state index in [0.717, 1.165) is 25.0 Å². The molecule has 140 valence electrons. The number of aliphatic carboxylic acids is 2. The van der Waals surface area contributed by atoms with Crippen LogP contribution >= 0.6 is 0 Å². The average molecular weight is 345 g/mol. The Balaban J connectivity index is 0. The van der Waals surface area contributed by atoms with Gasteiger partial charge in [-0.2, -0.15) is 0 Å². The first-order valence-electron chi connectivity index (χ1n) is 8.45. The van der Waals surface area contributed by atoms with Gasteiger partial charge in [-0.1, -0.05) is 51.9 Å². The molecule has 4 N–H and O–H groups in total. The molecule has 0 aromatic rings. The normalized spacial score (nSPS) is 10.1. The first-order valence-corrected chi connectivity index (χ1v) is 8.45. The molecular formula is C17H31NO6. The van der Waals surface area contributed by atoms with E-state index in [-0.39, 0.29) is 18.9 Å². The Kier molecular flexibility index (Phi) is 19.4. The minimum atomic E-state index is -1.10. The SMILES string of the molecule is CCCCCCCCCCNC(=O)/C=C\C(=O)O.O=C(O)CCO. The highest BCUT2D eigenvalue weighted by molar-refractivity contribution is 5.93. The maximum Gasteiger partial charge on any atom is 0.328 e. The van der Waals surface area contributed by atoms with Crippen molar-refractivity contribution in [3.63, 3.8) is 0 Å². The molecule has 0 radical (unpaired) electrons. The molecular weight excluding hydrogens is 314 g/mol. The predicted octanol–water partition coefficient (Wildman–Crippen LogP) is 2.34. The quantitative estimate of drug-likeness (QED) is 0.300. The molecule has 0 heterocycles. The van der Waals surface area contributed by atoms with Crippen molar-refractivity contribution < 1.29 is 29.7 Å². The van der Waals surface area contributed by atoms with Crippen LogP contribution in [0.2, 0.25) is 0 Å². The zero-order valence-corrected chi connectivity index (χ0v) is 14.5. The number of amides is 1. The molecule has 0 aromatic carbocycles. The summed E-state index contributed by atoms with van der Waals surface area (Å²) in [5, 5.41) is 26.6. The number of carboxylic acids is 2. The van der Waals surface area contributed by atoms with Crippen molar-refractivity contribution in [1.82, 2.24) is 5.32 Å². The van der Waals surface area contributed by atoms with Crippen LogP contribution in [0.4, 0.5) is 0 Å². The van der Waals surface area contributed by atoms with Crippen LogP contribution in [0, 0.1) is 0 Å². The molecule has 1 amide bonds. The van der Waals surface area contributed by atoms with Crippen molar-refractivity contribution in [2.45, 2.75) is 64.7 Å². The maximum atomic E-state index is 11.1. The molecule has 0 aliphatic rings. The summed E-state index contributed by atoms with van der Waals surface area (Å²) in [7, 11) is 0. The van der Waals surface area contributed by atoms with Gasteiger partial charge in [0, 0.05) is 18.7 Å². The summed E-state index contributed by atoms with van der Waals surface area (Å²) in [5.41, 5.74) is 0. The number of nitrogens with one attached hydrogen (secondary N) is 1. The predicted molar refractivity (Wildman–Crippen MR) is 91.7 cm³/mol. The molecule has 0 atom stereocenters. The molecule has 0 fully saturated rings. The van der Waals surface area contributed by atoms with Gasteiger partial charge in [-0.15, -0.1) is 0 Å². The van der Waals surface area contributed by atoms with E-state index in [1.54, 1.807) is 0 Å². The van der Waals surface area contributed by atoms with Crippen LogP contribution in [0.5, 0.6) is 0 Å². The largest absolute Gasteiger partial charge is 0.481 e. The molecule has 7 nitrogen and oxygen atoms in total. The smallest absolute Gasteiger partial charge is 0.328 e. The molecule has 0 spiro atoms. The molecule has 7 heteroatoms. The van der Waals surface area contributed by atoms with Crippen LogP contribution < -0.4 is 5.32 Å². The number of hydrogen-bond acceptors (Lipinski definition) is 4. The molecule has 24 heavy (non-hydrogen) atoms. The molecule has 0 saturated carbocycles. The molecule has 0 bridgehead atoms.